The van der Waals surface area contributed by atoms with Gasteiger partial charge in [0.2, 0.25) is 0 Å². The molecule has 16 heavy (non-hydrogen) atoms. The summed E-state index contributed by atoms with van der Waals surface area (Å²) in [6, 6.07) is 0. The molecule has 8 heteroatoms. The van der Waals surface area contributed by atoms with Crippen LogP contribution in [0, 0.1) is 0 Å². The maximum atomic E-state index is 10.3. The molecule has 0 aromatic rings. The van der Waals surface area contributed by atoms with Gasteiger partial charge in [-0.15, -0.1) is 0 Å². The summed E-state index contributed by atoms with van der Waals surface area (Å²) in [5, 5.41) is 34.3. The van der Waals surface area contributed by atoms with Gasteiger partial charge in [0.05, 0.1) is 38.3 Å². The Morgan fingerprint density at radius 1 is 0.938 bits per heavy atom. The monoisotopic (exact) mass is 246 g/mol. The van der Waals surface area contributed by atoms with E-state index in [-0.39, 0.29) is 29.6 Å². The van der Waals surface area contributed by atoms with E-state index >= 15 is 0 Å². The third-order valence-electron chi connectivity index (χ3n) is 1.60. The van der Waals surface area contributed by atoms with E-state index in [1.54, 1.807) is 0 Å². The number of ether oxygens (including phenoxy) is 1. The van der Waals surface area contributed by atoms with Crippen molar-refractivity contribution in [3.63, 3.8) is 0 Å². The minimum atomic E-state index is -1.17. The van der Waals surface area contributed by atoms with Crippen molar-refractivity contribution >= 4 is 41.5 Å². The Morgan fingerprint density at radius 3 is 1.44 bits per heavy atom. The van der Waals surface area contributed by atoms with E-state index in [0.29, 0.717) is 0 Å². The van der Waals surface area contributed by atoms with E-state index in [1.165, 1.54) is 0 Å². The van der Waals surface area contributed by atoms with E-state index in [0.717, 1.165) is 0 Å². The number of aliphatic hydroxyl groups excluding tert-OH is 2. The molecular weight excluding hydrogens is 231 g/mol. The van der Waals surface area contributed by atoms with Crippen molar-refractivity contribution in [2.24, 2.45) is 0 Å². The van der Waals surface area contributed by atoms with Crippen molar-refractivity contribution in [1.82, 2.24) is 0 Å². The van der Waals surface area contributed by atoms with Gasteiger partial charge in [-0.05, 0) is 0 Å². The zero-order valence-corrected chi connectivity index (χ0v) is 8.00. The van der Waals surface area contributed by atoms with Crippen LogP contribution >= 0.6 is 0 Å². The minimum absolute atomic E-state index is 0. The SMILES string of the molecule is O=C(O)CC(CO)OC(CO)CC(=O)O.[NaH]. The number of carboxylic acid groups (broad SMARTS) is 2. The summed E-state index contributed by atoms with van der Waals surface area (Å²) in [7, 11) is 0. The van der Waals surface area contributed by atoms with E-state index in [2.05, 4.69) is 0 Å². The molecule has 0 bridgehead atoms. The summed E-state index contributed by atoms with van der Waals surface area (Å²) in [6.07, 6.45) is -2.88. The second kappa shape index (κ2) is 10.0. The van der Waals surface area contributed by atoms with Crippen molar-refractivity contribution in [2.45, 2.75) is 25.0 Å². The molecule has 0 aromatic carbocycles. The van der Waals surface area contributed by atoms with Crippen molar-refractivity contribution in [2.75, 3.05) is 13.2 Å². The fourth-order valence-corrected chi connectivity index (χ4v) is 0.973. The van der Waals surface area contributed by atoms with Crippen LogP contribution in [0.1, 0.15) is 12.8 Å². The van der Waals surface area contributed by atoms with Crippen molar-refractivity contribution in [1.29, 1.82) is 0 Å². The van der Waals surface area contributed by atoms with Crippen LogP contribution in [0.25, 0.3) is 0 Å². The number of rotatable bonds is 8. The first-order valence-electron chi connectivity index (χ1n) is 4.30. The van der Waals surface area contributed by atoms with Gasteiger partial charge in [-0.25, -0.2) is 0 Å². The Morgan fingerprint density at radius 2 is 1.25 bits per heavy atom. The van der Waals surface area contributed by atoms with E-state index in [1.807, 2.05) is 0 Å². The first-order chi connectivity index (χ1) is 6.99. The third kappa shape index (κ3) is 9.08. The van der Waals surface area contributed by atoms with E-state index in [9.17, 15) is 9.59 Å². The van der Waals surface area contributed by atoms with Gasteiger partial charge >= 0.3 is 41.5 Å². The molecule has 0 aliphatic heterocycles. The molecule has 0 saturated carbocycles. The van der Waals surface area contributed by atoms with Gasteiger partial charge in [-0.3, -0.25) is 9.59 Å². The Labute approximate surface area is 114 Å². The van der Waals surface area contributed by atoms with Crippen LogP contribution in [0.5, 0.6) is 0 Å². The van der Waals surface area contributed by atoms with Gasteiger partial charge in [0.15, 0.2) is 0 Å². The Hall–Kier alpha value is -0.180. The number of aliphatic carboxylic acids is 2. The third-order valence-corrected chi connectivity index (χ3v) is 1.60. The van der Waals surface area contributed by atoms with Crippen LogP contribution in [-0.2, 0) is 14.3 Å². The molecule has 4 N–H and O–H groups in total. The zero-order chi connectivity index (χ0) is 11.8. The number of aliphatic hydroxyl groups is 2. The second-order valence-electron chi connectivity index (χ2n) is 2.94. The summed E-state index contributed by atoms with van der Waals surface area (Å²) in [6.45, 7) is -1.08. The molecule has 0 spiro atoms. The first-order valence-corrected chi connectivity index (χ1v) is 4.30. The van der Waals surface area contributed by atoms with E-state index in [4.69, 9.17) is 25.2 Å². The number of hydrogen-bond acceptors (Lipinski definition) is 5. The van der Waals surface area contributed by atoms with Crippen LogP contribution in [0.15, 0.2) is 0 Å². The van der Waals surface area contributed by atoms with Crippen molar-refractivity contribution in [3.8, 4) is 0 Å². The molecule has 90 valence electrons. The molecule has 0 amide bonds. The molecule has 2 atom stereocenters. The van der Waals surface area contributed by atoms with Gasteiger partial charge in [-0.1, -0.05) is 0 Å². The molecule has 0 aliphatic rings. The number of carbonyl (C=O) groups is 2. The predicted molar refractivity (Wildman–Crippen MR) is 54.5 cm³/mol. The van der Waals surface area contributed by atoms with Crippen molar-refractivity contribution < 1.29 is 34.8 Å². The van der Waals surface area contributed by atoms with Gasteiger partial charge in [0.25, 0.3) is 0 Å². The molecule has 0 rings (SSSR count). The van der Waals surface area contributed by atoms with Gasteiger partial charge in [0.1, 0.15) is 0 Å². The standard InChI is InChI=1S/C8H14O7.Na.H/c9-3-5(1-7(11)12)15-6(4-10)2-8(13)14;;/h5-6,9-10H,1-4H2,(H,11,12)(H,13,14);;. The van der Waals surface area contributed by atoms with Crippen LogP contribution in [0.2, 0.25) is 0 Å². The molecule has 0 saturated heterocycles. The van der Waals surface area contributed by atoms with Gasteiger partial charge < -0.3 is 25.2 Å². The van der Waals surface area contributed by atoms with Crippen LogP contribution in [0.4, 0.5) is 0 Å². The molecular formula is C8H15NaO7. The molecule has 0 heterocycles. The maximum absolute atomic E-state index is 10.3. The quantitative estimate of drug-likeness (QED) is 0.366. The first kappa shape index (κ1) is 18.2. The van der Waals surface area contributed by atoms with Crippen LogP contribution in [0.3, 0.4) is 0 Å². The Kier molecular flexibility index (Phi) is 11.4. The zero-order valence-electron chi connectivity index (χ0n) is 8.00. The van der Waals surface area contributed by atoms with Crippen LogP contribution in [-0.4, -0.2) is 87.3 Å². The topological polar surface area (TPSA) is 124 Å². The second-order valence-corrected chi connectivity index (χ2v) is 2.94. The number of hydrogen-bond donors (Lipinski definition) is 4. The molecule has 0 aromatic heterocycles. The summed E-state index contributed by atoms with van der Waals surface area (Å²) in [4.78, 5) is 20.6. The fourth-order valence-electron chi connectivity index (χ4n) is 0.973. The van der Waals surface area contributed by atoms with Gasteiger partial charge in [-0.2, -0.15) is 0 Å². The average Bonchev–Trinajstić information content (AvgIpc) is 2.14. The van der Waals surface area contributed by atoms with Crippen LogP contribution < -0.4 is 0 Å². The average molecular weight is 246 g/mol. The molecule has 0 radical (unpaired) electrons. The van der Waals surface area contributed by atoms with Gasteiger partial charge in [0, 0.05) is 0 Å². The summed E-state index contributed by atoms with van der Waals surface area (Å²) in [5.41, 5.74) is 0. The molecule has 0 aliphatic carbocycles. The normalized spacial score (nSPS) is 13.6. The fraction of sp³-hybridized carbons (Fsp3) is 0.750. The molecule has 0 fully saturated rings. The van der Waals surface area contributed by atoms with Crippen molar-refractivity contribution in [3.05, 3.63) is 0 Å². The summed E-state index contributed by atoms with van der Waals surface area (Å²) < 4.78 is 4.91. The Bertz CT molecular complexity index is 198. The summed E-state index contributed by atoms with van der Waals surface area (Å²) in [5.74, 6) is -2.33. The van der Waals surface area contributed by atoms with E-state index < -0.39 is 50.2 Å². The number of carboxylic acids is 2. The molecule has 7 nitrogen and oxygen atoms in total. The Balaban J connectivity index is 0. The molecule has 2 unspecified atom stereocenters. The summed E-state index contributed by atoms with van der Waals surface area (Å²) >= 11 is 0. The predicted octanol–water partition coefficient (Wildman–Crippen LogP) is -1.97.